The summed E-state index contributed by atoms with van der Waals surface area (Å²) in [5.41, 5.74) is -1.12. The quantitative estimate of drug-likeness (QED) is 0.471. The Balaban J connectivity index is 2.14. The number of hydrogen-bond donors (Lipinski definition) is 0. The fourth-order valence-corrected chi connectivity index (χ4v) is 3.48. The van der Waals surface area contributed by atoms with Gasteiger partial charge in [0.25, 0.3) is 5.56 Å². The minimum Gasteiger partial charge on any atom is -0.339 e. The molecule has 0 aliphatic heterocycles. The van der Waals surface area contributed by atoms with E-state index in [0.717, 1.165) is 4.57 Å². The van der Waals surface area contributed by atoms with Crippen LogP contribution >= 0.6 is 11.8 Å². The summed E-state index contributed by atoms with van der Waals surface area (Å²) in [4.78, 5) is 38.8. The second-order valence-electron chi connectivity index (χ2n) is 9.06. The number of fused-ring (bicyclic) bond motifs is 1. The summed E-state index contributed by atoms with van der Waals surface area (Å²) in [7, 11) is 3.05. The third kappa shape index (κ3) is 3.98. The molecule has 0 spiro atoms. The van der Waals surface area contributed by atoms with Gasteiger partial charge in [-0.15, -0.1) is 0 Å². The Kier molecular flexibility index (Phi) is 5.18. The van der Waals surface area contributed by atoms with Gasteiger partial charge in [-0.1, -0.05) is 58.5 Å². The van der Waals surface area contributed by atoms with Crippen LogP contribution < -0.4 is 11.2 Å². The minimum atomic E-state index is -0.426. The van der Waals surface area contributed by atoms with Crippen molar-refractivity contribution >= 4 is 22.8 Å². The van der Waals surface area contributed by atoms with Crippen LogP contribution in [0.1, 0.15) is 59.1 Å². The first-order valence-electron chi connectivity index (χ1n) is 9.25. The van der Waals surface area contributed by atoms with Gasteiger partial charge < -0.3 is 4.52 Å². The average molecular weight is 419 g/mol. The maximum absolute atomic E-state index is 12.8. The van der Waals surface area contributed by atoms with Gasteiger partial charge in [0.1, 0.15) is 16.2 Å². The monoisotopic (exact) mass is 418 g/mol. The van der Waals surface area contributed by atoms with Gasteiger partial charge in [-0.05, 0) is 0 Å². The summed E-state index contributed by atoms with van der Waals surface area (Å²) in [6, 6.07) is 0. The molecule has 0 aliphatic rings. The Morgan fingerprint density at radius 3 is 2.14 bits per heavy atom. The van der Waals surface area contributed by atoms with Crippen LogP contribution in [-0.2, 0) is 30.7 Å². The zero-order chi connectivity index (χ0) is 21.7. The lowest BCUT2D eigenvalue weighted by Crippen LogP contribution is -2.38. The van der Waals surface area contributed by atoms with Gasteiger partial charge in [0, 0.05) is 24.9 Å². The average Bonchev–Trinajstić information content (AvgIpc) is 3.10. The first-order chi connectivity index (χ1) is 13.3. The molecule has 0 atom stereocenters. The van der Waals surface area contributed by atoms with E-state index in [1.807, 2.05) is 41.5 Å². The molecule has 0 unspecified atom stereocenters. The summed E-state index contributed by atoms with van der Waals surface area (Å²) in [5.74, 6) is 2.00. The third-order valence-corrected chi connectivity index (χ3v) is 5.36. The lowest BCUT2D eigenvalue weighted by molar-refractivity contribution is 0.319. The molecule has 0 saturated heterocycles. The summed E-state index contributed by atoms with van der Waals surface area (Å²) >= 11 is 1.33. The van der Waals surface area contributed by atoms with E-state index in [1.165, 1.54) is 23.4 Å². The Bertz CT molecular complexity index is 1190. The van der Waals surface area contributed by atoms with Crippen LogP contribution in [0.2, 0.25) is 0 Å². The Hall–Kier alpha value is -2.49. The second kappa shape index (κ2) is 7.08. The molecule has 0 amide bonds. The number of aryl methyl sites for hydroxylation is 1. The highest BCUT2D eigenvalue weighted by molar-refractivity contribution is 7.98. The van der Waals surface area contributed by atoms with E-state index in [-0.39, 0.29) is 10.8 Å². The van der Waals surface area contributed by atoms with Crippen LogP contribution in [0.25, 0.3) is 11.0 Å². The van der Waals surface area contributed by atoms with Gasteiger partial charge in [0.2, 0.25) is 5.89 Å². The molecular weight excluding hydrogens is 392 g/mol. The molecule has 0 aliphatic carbocycles. The van der Waals surface area contributed by atoms with Crippen LogP contribution in [0, 0.1) is 0 Å². The van der Waals surface area contributed by atoms with Gasteiger partial charge in [0.15, 0.2) is 11.5 Å². The van der Waals surface area contributed by atoms with Gasteiger partial charge in [-0.2, -0.15) is 4.98 Å². The highest BCUT2D eigenvalue weighted by atomic mass is 32.2. The maximum Gasteiger partial charge on any atom is 0.332 e. The zero-order valence-corrected chi connectivity index (χ0v) is 18.8. The molecule has 29 heavy (non-hydrogen) atoms. The van der Waals surface area contributed by atoms with E-state index in [9.17, 15) is 9.59 Å². The smallest absolute Gasteiger partial charge is 0.332 e. The molecule has 0 radical (unpaired) electrons. The second-order valence-corrected chi connectivity index (χ2v) is 10.0. The van der Waals surface area contributed by atoms with Crippen molar-refractivity contribution in [1.82, 2.24) is 29.2 Å². The predicted molar refractivity (Wildman–Crippen MR) is 111 cm³/mol. The molecule has 0 saturated carbocycles. The fourth-order valence-electron chi connectivity index (χ4n) is 2.62. The van der Waals surface area contributed by atoms with E-state index in [0.29, 0.717) is 39.4 Å². The molecule has 0 bridgehead atoms. The zero-order valence-electron chi connectivity index (χ0n) is 18.0. The topological polar surface area (TPSA) is 109 Å². The van der Waals surface area contributed by atoms with E-state index >= 15 is 0 Å². The number of nitrogens with zero attached hydrogens (tertiary/aromatic N) is 6. The van der Waals surface area contributed by atoms with E-state index < -0.39 is 11.2 Å². The fraction of sp³-hybridized carbons (Fsp3) is 0.579. The van der Waals surface area contributed by atoms with Crippen LogP contribution in [-0.4, -0.2) is 29.2 Å². The highest BCUT2D eigenvalue weighted by Crippen LogP contribution is 2.29. The molecule has 0 aromatic carbocycles. The van der Waals surface area contributed by atoms with Gasteiger partial charge in [-0.25, -0.2) is 14.8 Å². The van der Waals surface area contributed by atoms with Crippen molar-refractivity contribution in [3.63, 3.8) is 0 Å². The lowest BCUT2D eigenvalue weighted by atomic mass is 9.96. The van der Waals surface area contributed by atoms with Crippen LogP contribution in [0.15, 0.2) is 19.1 Å². The van der Waals surface area contributed by atoms with Crippen molar-refractivity contribution in [2.24, 2.45) is 14.1 Å². The third-order valence-electron chi connectivity index (χ3n) is 4.39. The first kappa shape index (κ1) is 21.2. The van der Waals surface area contributed by atoms with Crippen LogP contribution in [0.3, 0.4) is 0 Å². The molecular formula is C19H26N6O3S. The molecule has 0 N–H and O–H groups in total. The molecule has 3 rings (SSSR count). The summed E-state index contributed by atoms with van der Waals surface area (Å²) in [6.07, 6.45) is 0. The van der Waals surface area contributed by atoms with Crippen molar-refractivity contribution < 1.29 is 4.52 Å². The molecule has 0 fully saturated rings. The molecule has 3 aromatic heterocycles. The normalized spacial score (nSPS) is 12.7. The molecule has 10 heteroatoms. The van der Waals surface area contributed by atoms with Crippen molar-refractivity contribution in [3.05, 3.63) is 38.4 Å². The van der Waals surface area contributed by atoms with E-state index in [4.69, 9.17) is 4.52 Å². The Morgan fingerprint density at radius 1 is 0.931 bits per heavy atom. The van der Waals surface area contributed by atoms with Gasteiger partial charge in [0.05, 0.1) is 5.75 Å². The Morgan fingerprint density at radius 2 is 1.59 bits per heavy atom. The number of thioether (sulfide) groups is 1. The standard InChI is InChI=1S/C19H26N6O3S/c1-18(2,3)15-21-12-11(14(26)25(8)17(27)24(12)7)13(22-15)29-9-10-20-16(28-23-10)19(4,5)6/h9H2,1-8H3. The molecule has 3 heterocycles. The van der Waals surface area contributed by atoms with Gasteiger partial charge in [-0.3, -0.25) is 13.9 Å². The molecule has 3 aromatic rings. The molecule has 156 valence electrons. The summed E-state index contributed by atoms with van der Waals surface area (Å²) in [5, 5.41) is 4.84. The largest absolute Gasteiger partial charge is 0.339 e. The van der Waals surface area contributed by atoms with Crippen molar-refractivity contribution in [3.8, 4) is 0 Å². The van der Waals surface area contributed by atoms with Crippen LogP contribution in [0.4, 0.5) is 0 Å². The molecule has 9 nitrogen and oxygen atoms in total. The van der Waals surface area contributed by atoms with Crippen molar-refractivity contribution in [2.45, 2.75) is 63.2 Å². The number of aromatic nitrogens is 6. The predicted octanol–water partition coefficient (Wildman–Crippen LogP) is 2.30. The van der Waals surface area contributed by atoms with Crippen LogP contribution in [0.5, 0.6) is 0 Å². The van der Waals surface area contributed by atoms with E-state index in [1.54, 1.807) is 7.05 Å². The number of hydrogen-bond acceptors (Lipinski definition) is 8. The van der Waals surface area contributed by atoms with Gasteiger partial charge >= 0.3 is 5.69 Å². The number of rotatable bonds is 3. The van der Waals surface area contributed by atoms with Crippen molar-refractivity contribution in [2.75, 3.05) is 0 Å². The first-order valence-corrected chi connectivity index (χ1v) is 10.2. The highest BCUT2D eigenvalue weighted by Gasteiger charge is 2.25. The summed E-state index contributed by atoms with van der Waals surface area (Å²) < 4.78 is 7.79. The van der Waals surface area contributed by atoms with Crippen molar-refractivity contribution in [1.29, 1.82) is 0 Å². The van der Waals surface area contributed by atoms with E-state index in [2.05, 4.69) is 20.1 Å². The minimum absolute atomic E-state index is 0.245. The maximum atomic E-state index is 12.8. The lowest BCUT2D eigenvalue weighted by Gasteiger charge is -2.19. The Labute approximate surface area is 172 Å². The SMILES string of the molecule is Cn1c(=O)c2c(SCc3noc(C(C)(C)C)n3)nc(C(C)(C)C)nc2n(C)c1=O. The summed E-state index contributed by atoms with van der Waals surface area (Å²) in [6.45, 7) is 11.9.